The predicted molar refractivity (Wildman–Crippen MR) is 104 cm³/mol. The molecule has 1 N–H and O–H groups in total. The molecule has 1 aromatic rings. The zero-order valence-electron chi connectivity index (χ0n) is 15.2. The minimum Gasteiger partial charge on any atom is -0.462 e. The van der Waals surface area contributed by atoms with E-state index in [0.717, 1.165) is 52.7 Å². The molecule has 4 nitrogen and oxygen atoms in total. The molecule has 0 spiro atoms. The molecule has 1 aromatic carbocycles. The maximum Gasteiger partial charge on any atom is 0.336 e. The van der Waals surface area contributed by atoms with Gasteiger partial charge in [0.1, 0.15) is 0 Å². The van der Waals surface area contributed by atoms with Gasteiger partial charge in [-0.2, -0.15) is 0 Å². The number of hydrogen-bond acceptors (Lipinski definition) is 4. The third-order valence-corrected chi connectivity index (χ3v) is 5.46. The molecular weight excluding hydrogens is 394 g/mol. The van der Waals surface area contributed by atoms with E-state index in [1.165, 1.54) is 0 Å². The molecule has 1 aliphatic heterocycles. The number of unbranched alkanes of at least 4 members (excludes halogenated alkanes) is 1. The van der Waals surface area contributed by atoms with Crippen molar-refractivity contribution in [3.05, 3.63) is 56.8 Å². The van der Waals surface area contributed by atoms with Crippen molar-refractivity contribution in [1.29, 1.82) is 0 Å². The van der Waals surface area contributed by atoms with E-state index in [9.17, 15) is 9.59 Å². The number of nitrogens with one attached hydrogen (secondary N) is 1. The molecule has 0 radical (unpaired) electrons. The van der Waals surface area contributed by atoms with Crippen LogP contribution >= 0.6 is 15.9 Å². The van der Waals surface area contributed by atoms with Gasteiger partial charge in [0.25, 0.3) is 0 Å². The molecule has 1 atom stereocenters. The Morgan fingerprint density at radius 3 is 2.69 bits per heavy atom. The van der Waals surface area contributed by atoms with Crippen LogP contribution in [0, 0.1) is 0 Å². The highest BCUT2D eigenvalue weighted by atomic mass is 79.9. The van der Waals surface area contributed by atoms with Crippen LogP contribution in [-0.4, -0.2) is 18.4 Å². The number of ether oxygens (including phenoxy) is 1. The van der Waals surface area contributed by atoms with Crippen molar-refractivity contribution in [3.63, 3.8) is 0 Å². The van der Waals surface area contributed by atoms with Gasteiger partial charge in [-0.3, -0.25) is 4.79 Å². The minimum atomic E-state index is -0.360. The minimum absolute atomic E-state index is 0.123. The fourth-order valence-corrected chi connectivity index (χ4v) is 3.89. The fraction of sp³-hybridized carbons (Fsp3) is 0.429. The van der Waals surface area contributed by atoms with Crippen LogP contribution in [-0.2, 0) is 14.3 Å². The molecule has 0 saturated heterocycles. The number of rotatable bonds is 5. The van der Waals surface area contributed by atoms with Gasteiger partial charge >= 0.3 is 5.97 Å². The summed E-state index contributed by atoms with van der Waals surface area (Å²) >= 11 is 3.45. The first kappa shape index (κ1) is 18.9. The van der Waals surface area contributed by atoms with Gasteiger partial charge in [-0.25, -0.2) is 4.79 Å². The van der Waals surface area contributed by atoms with Gasteiger partial charge in [0.2, 0.25) is 0 Å². The Labute approximate surface area is 162 Å². The number of carbonyl (C=O) groups excluding carboxylic acids is 2. The van der Waals surface area contributed by atoms with E-state index < -0.39 is 0 Å². The van der Waals surface area contributed by atoms with E-state index in [0.29, 0.717) is 18.6 Å². The summed E-state index contributed by atoms with van der Waals surface area (Å²) in [5.74, 6) is -0.569. The number of hydrogen-bond donors (Lipinski definition) is 1. The quantitative estimate of drug-likeness (QED) is 0.554. The second kappa shape index (κ2) is 8.21. The first-order valence-electron chi connectivity index (χ1n) is 9.19. The Morgan fingerprint density at radius 2 is 2.00 bits per heavy atom. The molecule has 0 aromatic heterocycles. The number of allylic oxidation sites excluding steroid dienone is 3. The molecule has 5 heteroatoms. The van der Waals surface area contributed by atoms with E-state index in [1.807, 2.05) is 31.2 Å². The van der Waals surface area contributed by atoms with E-state index in [4.69, 9.17) is 4.74 Å². The normalized spacial score (nSPS) is 20.0. The van der Waals surface area contributed by atoms with Crippen LogP contribution in [0.15, 0.2) is 51.3 Å². The van der Waals surface area contributed by atoms with Gasteiger partial charge < -0.3 is 10.1 Å². The van der Waals surface area contributed by atoms with Crippen molar-refractivity contribution in [2.45, 2.75) is 51.9 Å². The molecule has 3 rings (SSSR count). The van der Waals surface area contributed by atoms with Gasteiger partial charge in [-0.05, 0) is 43.9 Å². The van der Waals surface area contributed by atoms with Crippen molar-refractivity contribution < 1.29 is 14.3 Å². The summed E-state index contributed by atoms with van der Waals surface area (Å²) in [5.41, 5.74) is 3.97. The van der Waals surface area contributed by atoms with Gasteiger partial charge in [0.15, 0.2) is 5.78 Å². The number of Topliss-reactive ketones (excluding diaryl/α,β-unsaturated/α-hetero) is 1. The monoisotopic (exact) mass is 417 g/mol. The predicted octanol–water partition coefficient (Wildman–Crippen LogP) is 4.76. The molecule has 26 heavy (non-hydrogen) atoms. The SMILES string of the molecule is CCCCOC(=O)C1=C(C)NC2=C(C(=O)CCC2)[C@H]1c1ccc(Br)cc1. The van der Waals surface area contributed by atoms with E-state index in [-0.39, 0.29) is 17.7 Å². The zero-order chi connectivity index (χ0) is 18.7. The summed E-state index contributed by atoms with van der Waals surface area (Å²) in [6.45, 7) is 4.35. The van der Waals surface area contributed by atoms with Crippen LogP contribution in [0.5, 0.6) is 0 Å². The second-order valence-electron chi connectivity index (χ2n) is 6.81. The number of benzene rings is 1. The van der Waals surface area contributed by atoms with Crippen LogP contribution in [0.2, 0.25) is 0 Å². The largest absolute Gasteiger partial charge is 0.462 e. The Morgan fingerprint density at radius 1 is 1.27 bits per heavy atom. The zero-order valence-corrected chi connectivity index (χ0v) is 16.8. The van der Waals surface area contributed by atoms with Crippen molar-refractivity contribution in [2.75, 3.05) is 6.61 Å². The van der Waals surface area contributed by atoms with Crippen LogP contribution in [0.1, 0.15) is 57.4 Å². The molecule has 1 aliphatic carbocycles. The Kier molecular flexibility index (Phi) is 5.97. The summed E-state index contributed by atoms with van der Waals surface area (Å²) < 4.78 is 6.47. The van der Waals surface area contributed by atoms with Gasteiger partial charge in [-0.15, -0.1) is 0 Å². The third-order valence-electron chi connectivity index (χ3n) is 4.93. The first-order chi connectivity index (χ1) is 12.5. The number of dihydropyridines is 1. The van der Waals surface area contributed by atoms with Gasteiger partial charge in [-0.1, -0.05) is 41.4 Å². The van der Waals surface area contributed by atoms with Crippen LogP contribution < -0.4 is 5.32 Å². The first-order valence-corrected chi connectivity index (χ1v) is 9.98. The highest BCUT2D eigenvalue weighted by Gasteiger charge is 2.38. The standard InChI is InChI=1S/C21H24BrNO3/c1-3-4-12-26-21(25)18-13(2)23-16-6-5-7-17(24)20(16)19(18)14-8-10-15(22)11-9-14/h8-11,19,23H,3-7,12H2,1-2H3/t19-/m0/s1. The molecular formula is C21H24BrNO3. The van der Waals surface area contributed by atoms with Crippen LogP contribution in [0.4, 0.5) is 0 Å². The Hall–Kier alpha value is -1.88. The highest BCUT2D eigenvalue weighted by molar-refractivity contribution is 9.10. The summed E-state index contributed by atoms with van der Waals surface area (Å²) in [4.78, 5) is 25.6. The average molecular weight is 418 g/mol. The van der Waals surface area contributed by atoms with E-state index >= 15 is 0 Å². The van der Waals surface area contributed by atoms with E-state index in [1.54, 1.807) is 0 Å². The lowest BCUT2D eigenvalue weighted by Crippen LogP contribution is -2.34. The molecule has 1 heterocycles. The fourth-order valence-electron chi connectivity index (χ4n) is 3.63. The maximum atomic E-state index is 12.9. The molecule has 0 saturated carbocycles. The lowest BCUT2D eigenvalue weighted by molar-refractivity contribution is -0.139. The van der Waals surface area contributed by atoms with Crippen molar-refractivity contribution >= 4 is 27.7 Å². The molecule has 0 fully saturated rings. The molecule has 2 aliphatic rings. The Balaban J connectivity index is 2.04. The number of ketones is 1. The van der Waals surface area contributed by atoms with Crippen molar-refractivity contribution in [3.8, 4) is 0 Å². The summed E-state index contributed by atoms with van der Waals surface area (Å²) in [6, 6.07) is 7.83. The van der Waals surface area contributed by atoms with E-state index in [2.05, 4.69) is 28.2 Å². The maximum absolute atomic E-state index is 12.9. The smallest absolute Gasteiger partial charge is 0.336 e. The highest BCUT2D eigenvalue weighted by Crippen LogP contribution is 2.42. The Bertz CT molecular complexity index is 777. The number of esters is 1. The lowest BCUT2D eigenvalue weighted by atomic mass is 9.75. The summed E-state index contributed by atoms with van der Waals surface area (Å²) in [7, 11) is 0. The van der Waals surface area contributed by atoms with Crippen LogP contribution in [0.25, 0.3) is 0 Å². The second-order valence-corrected chi connectivity index (χ2v) is 7.72. The van der Waals surface area contributed by atoms with Crippen LogP contribution in [0.3, 0.4) is 0 Å². The van der Waals surface area contributed by atoms with Crippen molar-refractivity contribution in [1.82, 2.24) is 5.32 Å². The van der Waals surface area contributed by atoms with Gasteiger partial charge in [0.05, 0.1) is 12.2 Å². The topological polar surface area (TPSA) is 55.4 Å². The van der Waals surface area contributed by atoms with Crippen molar-refractivity contribution in [2.24, 2.45) is 0 Å². The summed E-state index contributed by atoms with van der Waals surface area (Å²) in [6.07, 6.45) is 4.02. The number of carbonyl (C=O) groups is 2. The lowest BCUT2D eigenvalue weighted by Gasteiger charge is -2.34. The molecule has 0 unspecified atom stereocenters. The average Bonchev–Trinajstić information content (AvgIpc) is 2.61. The van der Waals surface area contributed by atoms with Gasteiger partial charge in [0, 0.05) is 33.8 Å². The molecule has 0 amide bonds. The molecule has 138 valence electrons. The molecule has 0 bridgehead atoms. The summed E-state index contributed by atoms with van der Waals surface area (Å²) in [5, 5.41) is 3.31. The number of halogens is 1. The third kappa shape index (κ3) is 3.78.